The second kappa shape index (κ2) is 6.77. The molecule has 0 bridgehead atoms. The van der Waals surface area contributed by atoms with Crippen LogP contribution in [0.5, 0.6) is 0 Å². The third kappa shape index (κ3) is 4.69. The first-order chi connectivity index (χ1) is 9.86. The van der Waals surface area contributed by atoms with Crippen LogP contribution in [0.1, 0.15) is 18.9 Å². The predicted octanol–water partition coefficient (Wildman–Crippen LogP) is 1.58. The minimum absolute atomic E-state index is 0.234. The zero-order valence-corrected chi connectivity index (χ0v) is 13.7. The van der Waals surface area contributed by atoms with Crippen molar-refractivity contribution in [2.75, 3.05) is 31.3 Å². The molecule has 21 heavy (non-hydrogen) atoms. The molecule has 1 aliphatic rings. The van der Waals surface area contributed by atoms with Gasteiger partial charge in [-0.05, 0) is 38.0 Å². The molecule has 0 saturated carbocycles. The van der Waals surface area contributed by atoms with Crippen LogP contribution in [0.3, 0.4) is 0 Å². The fraction of sp³-hybridized carbons (Fsp3) is 0.600. The quantitative estimate of drug-likeness (QED) is 0.864. The van der Waals surface area contributed by atoms with Crippen molar-refractivity contribution in [2.24, 2.45) is 0 Å². The van der Waals surface area contributed by atoms with E-state index >= 15 is 0 Å². The Kier molecular flexibility index (Phi) is 5.24. The van der Waals surface area contributed by atoms with Gasteiger partial charge in [0.1, 0.15) is 0 Å². The number of hydrogen-bond donors (Lipinski definition) is 2. The number of morpholine rings is 1. The van der Waals surface area contributed by atoms with E-state index in [1.165, 1.54) is 6.26 Å². The molecule has 0 amide bonds. The van der Waals surface area contributed by atoms with Gasteiger partial charge in [-0.2, -0.15) is 0 Å². The summed E-state index contributed by atoms with van der Waals surface area (Å²) in [5.74, 6) is 0. The zero-order chi connectivity index (χ0) is 15.5. The molecule has 1 fully saturated rings. The molecule has 1 saturated heterocycles. The Labute approximate surface area is 127 Å². The van der Waals surface area contributed by atoms with Crippen LogP contribution in [0.15, 0.2) is 23.1 Å². The molecule has 1 aromatic carbocycles. The number of sulfone groups is 1. The van der Waals surface area contributed by atoms with Crippen molar-refractivity contribution in [3.8, 4) is 0 Å². The van der Waals surface area contributed by atoms with E-state index in [2.05, 4.69) is 17.6 Å². The van der Waals surface area contributed by atoms with Crippen LogP contribution in [0, 0.1) is 6.92 Å². The summed E-state index contributed by atoms with van der Waals surface area (Å²) in [6.07, 6.45) is 2.16. The highest BCUT2D eigenvalue weighted by Crippen LogP contribution is 2.21. The average Bonchev–Trinajstić information content (AvgIpc) is 2.41. The van der Waals surface area contributed by atoms with E-state index in [0.29, 0.717) is 10.9 Å². The summed E-state index contributed by atoms with van der Waals surface area (Å²) in [5.41, 5.74) is 1.92. The van der Waals surface area contributed by atoms with Crippen LogP contribution in [0.4, 0.5) is 5.69 Å². The topological polar surface area (TPSA) is 67.4 Å². The molecule has 2 N–H and O–H groups in total. The molecule has 2 atom stereocenters. The van der Waals surface area contributed by atoms with Crippen LogP contribution < -0.4 is 10.6 Å². The molecular weight excluding hydrogens is 288 g/mol. The Morgan fingerprint density at radius 2 is 2.24 bits per heavy atom. The number of rotatable bonds is 5. The lowest BCUT2D eigenvalue weighted by atomic mass is 10.1. The first-order valence-electron chi connectivity index (χ1n) is 7.24. The summed E-state index contributed by atoms with van der Waals surface area (Å²) in [6, 6.07) is 5.79. The summed E-state index contributed by atoms with van der Waals surface area (Å²) in [7, 11) is -3.18. The summed E-state index contributed by atoms with van der Waals surface area (Å²) < 4.78 is 28.7. The van der Waals surface area contributed by atoms with Crippen molar-refractivity contribution in [1.29, 1.82) is 0 Å². The zero-order valence-electron chi connectivity index (χ0n) is 12.8. The SMILES string of the molecule is Cc1ccc(S(C)(=O)=O)cc1NC(C)CC1COCCN1. The van der Waals surface area contributed by atoms with Crippen molar-refractivity contribution in [2.45, 2.75) is 37.2 Å². The van der Waals surface area contributed by atoms with Gasteiger partial charge in [-0.25, -0.2) is 8.42 Å². The molecule has 0 radical (unpaired) electrons. The number of benzene rings is 1. The van der Waals surface area contributed by atoms with Crippen LogP contribution >= 0.6 is 0 Å². The van der Waals surface area contributed by atoms with E-state index in [0.717, 1.165) is 37.4 Å². The van der Waals surface area contributed by atoms with Crippen LogP contribution in [-0.4, -0.2) is 46.5 Å². The van der Waals surface area contributed by atoms with Gasteiger partial charge >= 0.3 is 0 Å². The molecule has 0 aliphatic carbocycles. The highest BCUT2D eigenvalue weighted by molar-refractivity contribution is 7.90. The van der Waals surface area contributed by atoms with E-state index in [-0.39, 0.29) is 6.04 Å². The van der Waals surface area contributed by atoms with E-state index in [1.807, 2.05) is 13.0 Å². The maximum atomic E-state index is 11.6. The van der Waals surface area contributed by atoms with Gasteiger partial charge in [-0.3, -0.25) is 0 Å². The second-order valence-corrected chi connectivity index (χ2v) is 7.77. The number of anilines is 1. The van der Waals surface area contributed by atoms with Crippen molar-refractivity contribution >= 4 is 15.5 Å². The van der Waals surface area contributed by atoms with E-state index in [4.69, 9.17) is 4.74 Å². The van der Waals surface area contributed by atoms with Gasteiger partial charge in [0.05, 0.1) is 18.1 Å². The number of hydrogen-bond acceptors (Lipinski definition) is 5. The number of ether oxygens (including phenoxy) is 1. The smallest absolute Gasteiger partial charge is 0.175 e. The molecule has 2 rings (SSSR count). The molecule has 5 nitrogen and oxygen atoms in total. The number of nitrogens with one attached hydrogen (secondary N) is 2. The molecule has 1 heterocycles. The third-order valence-electron chi connectivity index (χ3n) is 3.68. The fourth-order valence-corrected chi connectivity index (χ4v) is 3.16. The third-order valence-corrected chi connectivity index (χ3v) is 4.79. The molecule has 0 spiro atoms. The average molecular weight is 312 g/mol. The maximum Gasteiger partial charge on any atom is 0.175 e. The first kappa shape index (κ1) is 16.3. The minimum atomic E-state index is -3.18. The molecular formula is C15H24N2O3S. The lowest BCUT2D eigenvalue weighted by molar-refractivity contribution is 0.0731. The molecule has 118 valence electrons. The van der Waals surface area contributed by atoms with Gasteiger partial charge in [-0.1, -0.05) is 6.07 Å². The number of aryl methyl sites for hydroxylation is 1. The predicted molar refractivity (Wildman–Crippen MR) is 84.6 cm³/mol. The standard InChI is InChI=1S/C15H24N2O3S/c1-11-4-5-14(21(3,18)19)9-15(11)17-12(2)8-13-10-20-7-6-16-13/h4-5,9,12-13,16-17H,6-8,10H2,1-3H3. The Morgan fingerprint density at radius 1 is 1.48 bits per heavy atom. The largest absolute Gasteiger partial charge is 0.382 e. The molecule has 1 aromatic rings. The van der Waals surface area contributed by atoms with Crippen molar-refractivity contribution in [3.05, 3.63) is 23.8 Å². The van der Waals surface area contributed by atoms with E-state index in [9.17, 15) is 8.42 Å². The molecule has 1 aliphatic heterocycles. The molecule has 0 aromatic heterocycles. The van der Waals surface area contributed by atoms with Gasteiger partial charge in [0.25, 0.3) is 0 Å². The van der Waals surface area contributed by atoms with Crippen molar-refractivity contribution < 1.29 is 13.2 Å². The van der Waals surface area contributed by atoms with Crippen LogP contribution in [0.2, 0.25) is 0 Å². The first-order valence-corrected chi connectivity index (χ1v) is 9.14. The van der Waals surface area contributed by atoms with E-state index in [1.54, 1.807) is 12.1 Å². The van der Waals surface area contributed by atoms with Gasteiger partial charge in [0.2, 0.25) is 0 Å². The highest BCUT2D eigenvalue weighted by atomic mass is 32.2. The molecule has 2 unspecified atom stereocenters. The maximum absolute atomic E-state index is 11.6. The Bertz CT molecular complexity index is 581. The van der Waals surface area contributed by atoms with Crippen molar-refractivity contribution in [3.63, 3.8) is 0 Å². The van der Waals surface area contributed by atoms with E-state index < -0.39 is 9.84 Å². The monoisotopic (exact) mass is 312 g/mol. The lowest BCUT2D eigenvalue weighted by Gasteiger charge is -2.27. The fourth-order valence-electron chi connectivity index (χ4n) is 2.51. The highest BCUT2D eigenvalue weighted by Gasteiger charge is 2.17. The Balaban J connectivity index is 2.04. The van der Waals surface area contributed by atoms with Gasteiger partial charge in [0.15, 0.2) is 9.84 Å². The Morgan fingerprint density at radius 3 is 2.86 bits per heavy atom. The normalized spacial score (nSPS) is 21.0. The van der Waals surface area contributed by atoms with Gasteiger partial charge in [0, 0.05) is 30.6 Å². The second-order valence-electron chi connectivity index (χ2n) is 5.76. The van der Waals surface area contributed by atoms with Crippen LogP contribution in [-0.2, 0) is 14.6 Å². The molecule has 6 heteroatoms. The Hall–Kier alpha value is -1.11. The van der Waals surface area contributed by atoms with Gasteiger partial charge in [-0.15, -0.1) is 0 Å². The summed E-state index contributed by atoms with van der Waals surface area (Å²) in [4.78, 5) is 0.349. The minimum Gasteiger partial charge on any atom is -0.382 e. The lowest BCUT2D eigenvalue weighted by Crippen LogP contribution is -2.43. The van der Waals surface area contributed by atoms with Gasteiger partial charge < -0.3 is 15.4 Å². The summed E-state index contributed by atoms with van der Waals surface area (Å²) >= 11 is 0. The summed E-state index contributed by atoms with van der Waals surface area (Å²) in [6.45, 7) is 6.47. The summed E-state index contributed by atoms with van der Waals surface area (Å²) in [5, 5.41) is 6.84. The van der Waals surface area contributed by atoms with Crippen LogP contribution in [0.25, 0.3) is 0 Å². The van der Waals surface area contributed by atoms with Crippen molar-refractivity contribution in [1.82, 2.24) is 5.32 Å².